The van der Waals surface area contributed by atoms with Crippen LogP contribution in [0, 0.1) is 17.7 Å². The molecule has 1 atom stereocenters. The molecule has 0 bridgehead atoms. The van der Waals surface area contributed by atoms with E-state index in [0.29, 0.717) is 30.3 Å². The number of hydrogen-bond acceptors (Lipinski definition) is 2. The molecule has 1 heterocycles. The maximum absolute atomic E-state index is 13.5. The Morgan fingerprint density at radius 2 is 2.15 bits per heavy atom. The molecule has 1 aromatic carbocycles. The highest BCUT2D eigenvalue weighted by Gasteiger charge is 2.29. The van der Waals surface area contributed by atoms with Gasteiger partial charge in [-0.25, -0.2) is 4.39 Å². The van der Waals surface area contributed by atoms with Gasteiger partial charge in [0.05, 0.1) is 12.5 Å². The fourth-order valence-corrected chi connectivity index (χ4v) is 3.28. The second-order valence-electron chi connectivity index (χ2n) is 6.84. The molecule has 140 valence electrons. The number of fused-ring (bicyclic) bond motifs is 1. The van der Waals surface area contributed by atoms with Crippen LogP contribution in [0.1, 0.15) is 33.3 Å². The average molecular weight is 421 g/mol. The first kappa shape index (κ1) is 20.6. The molecule has 2 nitrogen and oxygen atoms in total. The van der Waals surface area contributed by atoms with Crippen LogP contribution in [0.3, 0.4) is 0 Å². The van der Waals surface area contributed by atoms with Gasteiger partial charge in [-0.05, 0) is 55.5 Å². The summed E-state index contributed by atoms with van der Waals surface area (Å²) in [7, 11) is 0. The average Bonchev–Trinajstić information content (AvgIpc) is 2.63. The van der Waals surface area contributed by atoms with Crippen LogP contribution < -0.4 is 4.74 Å². The summed E-state index contributed by atoms with van der Waals surface area (Å²) in [5.41, 5.74) is 3.61. The van der Waals surface area contributed by atoms with Crippen LogP contribution in [0.4, 0.5) is 4.39 Å². The highest BCUT2D eigenvalue weighted by Crippen LogP contribution is 2.32. The second-order valence-corrected chi connectivity index (χ2v) is 7.49. The standard InChI is InChI=1S/C22H26BrFO2/c1-5-19(20(7-6-10-23)15(4)14(2)3)22(25)17-11-16-12-18(24)8-9-21(16)26-13-17/h5-9,12,14,17H,10-11,13H2,1-4H3/b7-6-,19-5+,20-15-. The van der Waals surface area contributed by atoms with Gasteiger partial charge in [0.15, 0.2) is 5.78 Å². The molecule has 0 aromatic heterocycles. The molecule has 0 aliphatic carbocycles. The smallest absolute Gasteiger partial charge is 0.169 e. The van der Waals surface area contributed by atoms with Gasteiger partial charge in [-0.15, -0.1) is 0 Å². The quantitative estimate of drug-likeness (QED) is 0.329. The number of halogens is 2. The van der Waals surface area contributed by atoms with Gasteiger partial charge >= 0.3 is 0 Å². The van der Waals surface area contributed by atoms with Gasteiger partial charge in [0.1, 0.15) is 11.6 Å². The maximum atomic E-state index is 13.5. The topological polar surface area (TPSA) is 26.3 Å². The van der Waals surface area contributed by atoms with E-state index >= 15 is 0 Å². The first-order valence-corrected chi connectivity index (χ1v) is 10.1. The minimum absolute atomic E-state index is 0.0524. The number of allylic oxidation sites excluding steroid dienone is 6. The number of benzene rings is 1. The summed E-state index contributed by atoms with van der Waals surface area (Å²) in [6.07, 6.45) is 6.39. The van der Waals surface area contributed by atoms with Crippen molar-refractivity contribution in [2.75, 3.05) is 11.9 Å². The van der Waals surface area contributed by atoms with Crippen molar-refractivity contribution in [3.05, 3.63) is 64.5 Å². The number of rotatable bonds is 6. The van der Waals surface area contributed by atoms with Crippen molar-refractivity contribution in [3.8, 4) is 5.75 Å². The first-order chi connectivity index (χ1) is 12.4. The van der Waals surface area contributed by atoms with Gasteiger partial charge in [-0.2, -0.15) is 0 Å². The van der Waals surface area contributed by atoms with Gasteiger partial charge in [-0.3, -0.25) is 4.79 Å². The third-order valence-electron chi connectivity index (χ3n) is 4.81. The van der Waals surface area contributed by atoms with Crippen molar-refractivity contribution in [1.29, 1.82) is 0 Å². The van der Waals surface area contributed by atoms with E-state index in [2.05, 4.69) is 36.7 Å². The SMILES string of the molecule is C\C=C(C(=O)C1COc2ccc(F)cc2C1)/C(/C=C\CBr)=C(/C)C(C)C. The maximum Gasteiger partial charge on any atom is 0.169 e. The molecule has 2 rings (SSSR count). The fraction of sp³-hybridized carbons (Fsp3) is 0.409. The third-order valence-corrected chi connectivity index (χ3v) is 5.18. The highest BCUT2D eigenvalue weighted by atomic mass is 79.9. The zero-order valence-corrected chi connectivity index (χ0v) is 17.4. The minimum atomic E-state index is -0.303. The Balaban J connectivity index is 2.33. The summed E-state index contributed by atoms with van der Waals surface area (Å²) >= 11 is 3.40. The van der Waals surface area contributed by atoms with Gasteiger partial charge in [-0.1, -0.05) is 53.6 Å². The van der Waals surface area contributed by atoms with Gasteiger partial charge in [0.2, 0.25) is 0 Å². The zero-order valence-electron chi connectivity index (χ0n) is 15.8. The summed E-state index contributed by atoms with van der Waals surface area (Å²) in [6.45, 7) is 8.53. The van der Waals surface area contributed by atoms with E-state index in [1.54, 1.807) is 6.07 Å². The first-order valence-electron chi connectivity index (χ1n) is 8.94. The van der Waals surface area contributed by atoms with Crippen molar-refractivity contribution in [2.45, 2.75) is 34.1 Å². The molecule has 0 spiro atoms. The second kappa shape index (κ2) is 9.31. The minimum Gasteiger partial charge on any atom is -0.493 e. The van der Waals surface area contributed by atoms with Crippen LogP contribution in [0.15, 0.2) is 53.1 Å². The number of alkyl halides is 1. The van der Waals surface area contributed by atoms with Crippen LogP contribution in [-0.2, 0) is 11.2 Å². The number of carbonyl (C=O) groups is 1. The lowest BCUT2D eigenvalue weighted by Gasteiger charge is -2.26. The number of hydrogen-bond donors (Lipinski definition) is 0. The number of carbonyl (C=O) groups excluding carboxylic acids is 1. The zero-order chi connectivity index (χ0) is 19.3. The van der Waals surface area contributed by atoms with E-state index < -0.39 is 0 Å². The van der Waals surface area contributed by atoms with E-state index in [0.717, 1.165) is 16.5 Å². The highest BCUT2D eigenvalue weighted by molar-refractivity contribution is 9.09. The monoisotopic (exact) mass is 420 g/mol. The van der Waals surface area contributed by atoms with E-state index in [9.17, 15) is 9.18 Å². The lowest BCUT2D eigenvalue weighted by atomic mass is 9.84. The summed E-state index contributed by atoms with van der Waals surface area (Å²) in [4.78, 5) is 13.2. The summed E-state index contributed by atoms with van der Waals surface area (Å²) in [5.74, 6) is 0.457. The predicted molar refractivity (Wildman–Crippen MR) is 108 cm³/mol. The van der Waals surface area contributed by atoms with E-state index in [-0.39, 0.29) is 17.5 Å². The molecule has 4 heteroatoms. The molecule has 0 radical (unpaired) electrons. The molecule has 1 aliphatic heterocycles. The molecule has 0 N–H and O–H groups in total. The molecule has 0 fully saturated rings. The van der Waals surface area contributed by atoms with Crippen LogP contribution in [0.2, 0.25) is 0 Å². The summed E-state index contributed by atoms with van der Waals surface area (Å²) < 4.78 is 19.3. The molecular weight excluding hydrogens is 395 g/mol. The lowest BCUT2D eigenvalue weighted by Crippen LogP contribution is -2.30. The van der Waals surface area contributed by atoms with E-state index in [1.807, 2.05) is 25.2 Å². The largest absolute Gasteiger partial charge is 0.493 e. The lowest BCUT2D eigenvalue weighted by molar-refractivity contribution is -0.120. The number of ketones is 1. The summed E-state index contributed by atoms with van der Waals surface area (Å²) in [6, 6.07) is 4.48. The Bertz CT molecular complexity index is 759. The molecule has 0 amide bonds. The van der Waals surface area contributed by atoms with Crippen molar-refractivity contribution in [3.63, 3.8) is 0 Å². The van der Waals surface area contributed by atoms with Gasteiger partial charge < -0.3 is 4.74 Å². The van der Waals surface area contributed by atoms with Crippen molar-refractivity contribution in [2.24, 2.45) is 11.8 Å². The Morgan fingerprint density at radius 3 is 2.77 bits per heavy atom. The molecule has 0 saturated heterocycles. The molecule has 1 unspecified atom stereocenters. The Hall–Kier alpha value is -1.68. The summed E-state index contributed by atoms with van der Waals surface area (Å²) in [5, 5.41) is 0.728. The number of ether oxygens (including phenoxy) is 1. The van der Waals surface area contributed by atoms with Crippen molar-refractivity contribution < 1.29 is 13.9 Å². The third kappa shape index (κ3) is 4.73. The molecule has 0 saturated carbocycles. The Kier molecular flexibility index (Phi) is 7.39. The molecular formula is C22H26BrFO2. The number of Topliss-reactive ketones (excluding diaryl/α,β-unsaturated/α-hetero) is 1. The molecule has 1 aliphatic rings. The van der Waals surface area contributed by atoms with E-state index in [4.69, 9.17) is 4.74 Å². The molecule has 26 heavy (non-hydrogen) atoms. The van der Waals surface area contributed by atoms with Crippen LogP contribution >= 0.6 is 15.9 Å². The van der Waals surface area contributed by atoms with E-state index in [1.165, 1.54) is 17.7 Å². The van der Waals surface area contributed by atoms with Crippen LogP contribution in [0.25, 0.3) is 0 Å². The normalized spacial score (nSPS) is 18.6. The van der Waals surface area contributed by atoms with Crippen molar-refractivity contribution in [1.82, 2.24) is 0 Å². The van der Waals surface area contributed by atoms with Crippen molar-refractivity contribution >= 4 is 21.7 Å². The fourth-order valence-electron chi connectivity index (χ4n) is 3.09. The van der Waals surface area contributed by atoms with Crippen LogP contribution in [0.5, 0.6) is 5.75 Å². The Morgan fingerprint density at radius 1 is 1.42 bits per heavy atom. The van der Waals surface area contributed by atoms with Crippen LogP contribution in [-0.4, -0.2) is 17.7 Å². The molecule has 1 aromatic rings. The predicted octanol–water partition coefficient (Wildman–Crippen LogP) is 5.82. The Labute approximate surface area is 164 Å². The van der Waals surface area contributed by atoms with Gasteiger partial charge in [0, 0.05) is 10.9 Å². The van der Waals surface area contributed by atoms with Gasteiger partial charge in [0.25, 0.3) is 0 Å².